The van der Waals surface area contributed by atoms with Gasteiger partial charge in [-0.1, -0.05) is 29.8 Å². The molecule has 0 aliphatic carbocycles. The summed E-state index contributed by atoms with van der Waals surface area (Å²) in [6.45, 7) is 6.63. The van der Waals surface area contributed by atoms with E-state index in [0.29, 0.717) is 13.0 Å². The van der Waals surface area contributed by atoms with Gasteiger partial charge in [0.25, 0.3) is 0 Å². The molecule has 106 valence electrons. The normalized spacial score (nSPS) is 10.3. The lowest BCUT2D eigenvalue weighted by atomic mass is 10.3. The first-order chi connectivity index (χ1) is 9.17. The van der Waals surface area contributed by atoms with Gasteiger partial charge in [-0.2, -0.15) is 0 Å². The molecule has 1 N–H and O–H groups in total. The first-order valence-corrected chi connectivity index (χ1v) is 7.73. The first-order valence-electron chi connectivity index (χ1n) is 6.94. The van der Waals surface area contributed by atoms with Gasteiger partial charge in [-0.3, -0.25) is 4.79 Å². The van der Waals surface area contributed by atoms with Gasteiger partial charge in [-0.25, -0.2) is 0 Å². The standard InChI is InChI=1S/C15H23BrN2O/c1-3-11-18(12-4-2)15(19)9-10-17-14-7-5-13(16)6-8-14/h5-8,17H,3-4,9-12H2,1-2H3. The van der Waals surface area contributed by atoms with Crippen LogP contribution in [0.2, 0.25) is 0 Å². The number of nitrogens with zero attached hydrogens (tertiary/aromatic N) is 1. The summed E-state index contributed by atoms with van der Waals surface area (Å²) in [6.07, 6.45) is 2.59. The van der Waals surface area contributed by atoms with Crippen LogP contribution in [0, 0.1) is 0 Å². The number of rotatable bonds is 8. The van der Waals surface area contributed by atoms with Gasteiger partial charge in [0, 0.05) is 36.2 Å². The van der Waals surface area contributed by atoms with E-state index >= 15 is 0 Å². The van der Waals surface area contributed by atoms with Gasteiger partial charge in [-0.05, 0) is 37.1 Å². The number of carbonyl (C=O) groups excluding carboxylic acids is 1. The largest absolute Gasteiger partial charge is 0.385 e. The Balaban J connectivity index is 2.34. The minimum atomic E-state index is 0.244. The number of hydrogen-bond donors (Lipinski definition) is 1. The van der Waals surface area contributed by atoms with Gasteiger partial charge >= 0.3 is 0 Å². The van der Waals surface area contributed by atoms with Crippen LogP contribution < -0.4 is 5.32 Å². The molecule has 0 bridgehead atoms. The molecular formula is C15H23BrN2O. The fourth-order valence-electron chi connectivity index (χ4n) is 1.94. The van der Waals surface area contributed by atoms with Gasteiger partial charge in [0.05, 0.1) is 0 Å². The summed E-state index contributed by atoms with van der Waals surface area (Å²) >= 11 is 3.40. The minimum absolute atomic E-state index is 0.244. The van der Waals surface area contributed by atoms with Crippen LogP contribution in [-0.2, 0) is 4.79 Å². The Morgan fingerprint density at radius 1 is 1.16 bits per heavy atom. The third-order valence-electron chi connectivity index (χ3n) is 2.85. The second-order valence-electron chi connectivity index (χ2n) is 4.56. The van der Waals surface area contributed by atoms with Crippen LogP contribution in [0.1, 0.15) is 33.1 Å². The van der Waals surface area contributed by atoms with E-state index in [4.69, 9.17) is 0 Å². The van der Waals surface area contributed by atoms with Crippen molar-refractivity contribution in [3.05, 3.63) is 28.7 Å². The molecule has 0 fully saturated rings. The zero-order valence-corrected chi connectivity index (χ0v) is 13.4. The van der Waals surface area contributed by atoms with Crippen molar-refractivity contribution in [1.29, 1.82) is 0 Å². The Morgan fingerprint density at radius 3 is 2.26 bits per heavy atom. The van der Waals surface area contributed by atoms with E-state index in [1.165, 1.54) is 0 Å². The third-order valence-corrected chi connectivity index (χ3v) is 3.38. The molecule has 3 nitrogen and oxygen atoms in total. The van der Waals surface area contributed by atoms with E-state index in [2.05, 4.69) is 35.1 Å². The molecule has 0 spiro atoms. The molecule has 1 aromatic carbocycles. The third kappa shape index (κ3) is 6.10. The molecule has 0 aliphatic heterocycles. The molecule has 1 amide bonds. The van der Waals surface area contributed by atoms with E-state index < -0.39 is 0 Å². The number of anilines is 1. The predicted molar refractivity (Wildman–Crippen MR) is 84.4 cm³/mol. The first kappa shape index (κ1) is 16.0. The monoisotopic (exact) mass is 326 g/mol. The average molecular weight is 327 g/mol. The Morgan fingerprint density at radius 2 is 1.74 bits per heavy atom. The van der Waals surface area contributed by atoms with Crippen LogP contribution in [0.3, 0.4) is 0 Å². The minimum Gasteiger partial charge on any atom is -0.385 e. The van der Waals surface area contributed by atoms with Crippen LogP contribution in [0.25, 0.3) is 0 Å². The zero-order chi connectivity index (χ0) is 14.1. The highest BCUT2D eigenvalue weighted by molar-refractivity contribution is 9.10. The van der Waals surface area contributed by atoms with Crippen LogP contribution in [0.15, 0.2) is 28.7 Å². The smallest absolute Gasteiger partial charge is 0.224 e. The molecular weight excluding hydrogens is 304 g/mol. The summed E-state index contributed by atoms with van der Waals surface area (Å²) in [5.41, 5.74) is 1.05. The molecule has 1 aromatic rings. The number of carbonyl (C=O) groups is 1. The fraction of sp³-hybridized carbons (Fsp3) is 0.533. The topological polar surface area (TPSA) is 32.3 Å². The fourth-order valence-corrected chi connectivity index (χ4v) is 2.20. The number of hydrogen-bond acceptors (Lipinski definition) is 2. The number of amides is 1. The highest BCUT2D eigenvalue weighted by atomic mass is 79.9. The number of nitrogens with one attached hydrogen (secondary N) is 1. The second-order valence-corrected chi connectivity index (χ2v) is 5.48. The second kappa shape index (κ2) is 8.97. The van der Waals surface area contributed by atoms with Crippen molar-refractivity contribution in [2.75, 3.05) is 25.0 Å². The van der Waals surface area contributed by atoms with Crippen molar-refractivity contribution in [3.8, 4) is 0 Å². The Kier molecular flexibility index (Phi) is 7.56. The SMILES string of the molecule is CCCN(CCC)C(=O)CCNc1ccc(Br)cc1. The summed E-state index contributed by atoms with van der Waals surface area (Å²) in [5, 5.41) is 3.27. The number of halogens is 1. The van der Waals surface area contributed by atoms with Crippen molar-refractivity contribution in [2.24, 2.45) is 0 Å². The summed E-state index contributed by atoms with van der Waals surface area (Å²) in [4.78, 5) is 14.0. The lowest BCUT2D eigenvalue weighted by Gasteiger charge is -2.21. The summed E-state index contributed by atoms with van der Waals surface area (Å²) < 4.78 is 1.06. The van der Waals surface area contributed by atoms with E-state index in [1.807, 2.05) is 29.2 Å². The summed E-state index contributed by atoms with van der Waals surface area (Å²) in [5.74, 6) is 0.244. The lowest BCUT2D eigenvalue weighted by Crippen LogP contribution is -2.33. The van der Waals surface area contributed by atoms with Crippen molar-refractivity contribution in [2.45, 2.75) is 33.1 Å². The molecule has 1 rings (SSSR count). The van der Waals surface area contributed by atoms with Crippen LogP contribution in [0.5, 0.6) is 0 Å². The van der Waals surface area contributed by atoms with Gasteiger partial charge in [-0.15, -0.1) is 0 Å². The van der Waals surface area contributed by atoms with Crippen LogP contribution in [0.4, 0.5) is 5.69 Å². The Labute approximate surface area is 124 Å². The highest BCUT2D eigenvalue weighted by Crippen LogP contribution is 2.14. The predicted octanol–water partition coefficient (Wildman–Crippen LogP) is 3.90. The van der Waals surface area contributed by atoms with Gasteiger partial charge < -0.3 is 10.2 Å². The quantitative estimate of drug-likeness (QED) is 0.785. The van der Waals surface area contributed by atoms with E-state index in [1.54, 1.807) is 0 Å². The van der Waals surface area contributed by atoms with E-state index in [9.17, 15) is 4.79 Å². The molecule has 0 atom stereocenters. The molecule has 4 heteroatoms. The van der Waals surface area contributed by atoms with Crippen molar-refractivity contribution in [1.82, 2.24) is 4.90 Å². The van der Waals surface area contributed by atoms with E-state index in [-0.39, 0.29) is 5.91 Å². The zero-order valence-electron chi connectivity index (χ0n) is 11.8. The maximum atomic E-state index is 12.0. The van der Waals surface area contributed by atoms with Crippen molar-refractivity contribution < 1.29 is 4.79 Å². The highest BCUT2D eigenvalue weighted by Gasteiger charge is 2.10. The molecule has 0 heterocycles. The number of benzene rings is 1. The van der Waals surface area contributed by atoms with Crippen molar-refractivity contribution in [3.63, 3.8) is 0 Å². The molecule has 19 heavy (non-hydrogen) atoms. The molecule has 0 saturated heterocycles. The molecule has 0 unspecified atom stereocenters. The molecule has 0 aromatic heterocycles. The molecule has 0 saturated carbocycles. The van der Waals surface area contributed by atoms with Gasteiger partial charge in [0.15, 0.2) is 0 Å². The van der Waals surface area contributed by atoms with Crippen LogP contribution in [-0.4, -0.2) is 30.4 Å². The molecule has 0 aliphatic rings. The lowest BCUT2D eigenvalue weighted by molar-refractivity contribution is -0.131. The van der Waals surface area contributed by atoms with Crippen molar-refractivity contribution >= 4 is 27.5 Å². The van der Waals surface area contributed by atoms with Gasteiger partial charge in [0.2, 0.25) is 5.91 Å². The average Bonchev–Trinajstić information content (AvgIpc) is 2.40. The Hall–Kier alpha value is -1.03. The summed E-state index contributed by atoms with van der Waals surface area (Å²) in [7, 11) is 0. The molecule has 0 radical (unpaired) electrons. The van der Waals surface area contributed by atoms with Gasteiger partial charge in [0.1, 0.15) is 0 Å². The summed E-state index contributed by atoms with van der Waals surface area (Å²) in [6, 6.07) is 7.99. The van der Waals surface area contributed by atoms with Crippen LogP contribution >= 0.6 is 15.9 Å². The van der Waals surface area contributed by atoms with E-state index in [0.717, 1.165) is 36.1 Å². The Bertz CT molecular complexity index is 372. The maximum Gasteiger partial charge on any atom is 0.224 e. The maximum absolute atomic E-state index is 12.0.